The number of aliphatic imine (C=N–C) groups is 1. The van der Waals surface area contributed by atoms with Gasteiger partial charge in [0.2, 0.25) is 0 Å². The van der Waals surface area contributed by atoms with Crippen molar-refractivity contribution in [2.45, 2.75) is 38.3 Å². The summed E-state index contributed by atoms with van der Waals surface area (Å²) >= 11 is 0. The first kappa shape index (κ1) is 19.9. The van der Waals surface area contributed by atoms with E-state index in [9.17, 15) is 0 Å². The van der Waals surface area contributed by atoms with Gasteiger partial charge in [-0.2, -0.15) is 0 Å². The normalized spacial score (nSPS) is 19.1. The molecule has 2 N–H and O–H groups in total. The molecule has 1 fully saturated rings. The van der Waals surface area contributed by atoms with E-state index in [2.05, 4.69) is 79.0 Å². The van der Waals surface area contributed by atoms with Crippen LogP contribution in [0.1, 0.15) is 29.5 Å². The Morgan fingerprint density at radius 3 is 2.62 bits per heavy atom. The number of amidine groups is 1. The molecule has 2 aliphatic rings. The molecule has 0 bridgehead atoms. The largest absolute Gasteiger partial charge is 0.381 e. The lowest BCUT2D eigenvalue weighted by molar-refractivity contribution is 0.0778. The van der Waals surface area contributed by atoms with Crippen LogP contribution in [0.4, 0.5) is 11.4 Å². The highest BCUT2D eigenvalue weighted by Crippen LogP contribution is 2.37. The van der Waals surface area contributed by atoms with E-state index in [0.29, 0.717) is 6.54 Å². The molecule has 0 amide bonds. The molecule has 2 aromatic carbocycles. The van der Waals surface area contributed by atoms with Gasteiger partial charge in [0.05, 0.1) is 23.5 Å². The Morgan fingerprint density at radius 2 is 1.86 bits per heavy atom. The molecule has 2 aromatic rings. The molecule has 1 saturated heterocycles. The third kappa shape index (κ3) is 4.62. The SMILES string of the molecule is Cc1cccc(CN=C2Nc3cc(CCN(C)C)ccc3NC23CCOCC3)c1. The Labute approximate surface area is 174 Å². The van der Waals surface area contributed by atoms with E-state index < -0.39 is 0 Å². The van der Waals surface area contributed by atoms with Gasteiger partial charge in [-0.05, 0) is 50.7 Å². The maximum absolute atomic E-state index is 5.66. The number of rotatable bonds is 5. The predicted molar refractivity (Wildman–Crippen MR) is 121 cm³/mol. The lowest BCUT2D eigenvalue weighted by Gasteiger charge is -2.44. The van der Waals surface area contributed by atoms with Crippen molar-refractivity contribution in [3.05, 3.63) is 59.2 Å². The van der Waals surface area contributed by atoms with Crippen LogP contribution in [-0.2, 0) is 17.7 Å². The average molecular weight is 393 g/mol. The summed E-state index contributed by atoms with van der Waals surface area (Å²) in [6.45, 7) is 5.37. The van der Waals surface area contributed by atoms with Gasteiger partial charge < -0.3 is 20.3 Å². The van der Waals surface area contributed by atoms with E-state index in [0.717, 1.165) is 56.2 Å². The van der Waals surface area contributed by atoms with Gasteiger partial charge in [-0.15, -0.1) is 0 Å². The molecule has 2 heterocycles. The van der Waals surface area contributed by atoms with Crippen LogP contribution < -0.4 is 10.6 Å². The smallest absolute Gasteiger partial charge is 0.127 e. The first-order chi connectivity index (χ1) is 14.0. The summed E-state index contributed by atoms with van der Waals surface area (Å²) in [6.07, 6.45) is 2.89. The molecular formula is C24H32N4O. The Morgan fingerprint density at radius 1 is 1.03 bits per heavy atom. The molecule has 0 aromatic heterocycles. The van der Waals surface area contributed by atoms with Crippen molar-refractivity contribution in [2.24, 2.45) is 4.99 Å². The Balaban J connectivity index is 1.61. The topological polar surface area (TPSA) is 48.9 Å². The predicted octanol–water partition coefficient (Wildman–Crippen LogP) is 4.08. The zero-order valence-electron chi connectivity index (χ0n) is 17.8. The maximum Gasteiger partial charge on any atom is 0.127 e. The summed E-state index contributed by atoms with van der Waals surface area (Å²) in [4.78, 5) is 7.27. The van der Waals surface area contributed by atoms with Crippen molar-refractivity contribution < 1.29 is 4.74 Å². The molecule has 4 rings (SSSR count). The lowest BCUT2D eigenvalue weighted by atomic mass is 9.85. The first-order valence-corrected chi connectivity index (χ1v) is 10.6. The summed E-state index contributed by atoms with van der Waals surface area (Å²) in [5, 5.41) is 7.51. The highest BCUT2D eigenvalue weighted by molar-refractivity contribution is 6.09. The second-order valence-corrected chi connectivity index (χ2v) is 8.53. The van der Waals surface area contributed by atoms with Gasteiger partial charge in [-0.3, -0.25) is 4.99 Å². The number of nitrogens with zero attached hydrogens (tertiary/aromatic N) is 2. The number of aryl methyl sites for hydroxylation is 1. The number of benzene rings is 2. The molecule has 0 aliphatic carbocycles. The lowest BCUT2D eigenvalue weighted by Crippen LogP contribution is -2.55. The third-order valence-electron chi connectivity index (χ3n) is 5.86. The van der Waals surface area contributed by atoms with Gasteiger partial charge in [0, 0.05) is 32.6 Å². The molecule has 0 atom stereocenters. The van der Waals surface area contributed by atoms with Gasteiger partial charge in [-0.1, -0.05) is 35.9 Å². The molecule has 0 unspecified atom stereocenters. The standard InChI is InChI=1S/C24H32N4O/c1-18-5-4-6-20(15-18)17-25-23-24(10-13-29-14-11-24)27-21-8-7-19(9-12-28(2)3)16-22(21)26-23/h4-8,15-16,27H,9-14,17H2,1-3H3,(H,25,26). The number of hydrogen-bond donors (Lipinski definition) is 2. The number of fused-ring (bicyclic) bond motifs is 1. The van der Waals surface area contributed by atoms with E-state index in [1.165, 1.54) is 16.7 Å². The van der Waals surface area contributed by atoms with Gasteiger partial charge in [-0.25, -0.2) is 0 Å². The van der Waals surface area contributed by atoms with Crippen LogP contribution in [0.5, 0.6) is 0 Å². The second-order valence-electron chi connectivity index (χ2n) is 8.53. The Hall–Kier alpha value is -2.37. The van der Waals surface area contributed by atoms with Gasteiger partial charge in [0.25, 0.3) is 0 Å². The van der Waals surface area contributed by atoms with Gasteiger partial charge >= 0.3 is 0 Å². The fraction of sp³-hybridized carbons (Fsp3) is 0.458. The van der Waals surface area contributed by atoms with Crippen LogP contribution >= 0.6 is 0 Å². The third-order valence-corrected chi connectivity index (χ3v) is 5.86. The Bertz CT molecular complexity index is 884. The molecule has 29 heavy (non-hydrogen) atoms. The number of anilines is 2. The van der Waals surface area contributed by atoms with Crippen molar-refractivity contribution in [2.75, 3.05) is 44.5 Å². The first-order valence-electron chi connectivity index (χ1n) is 10.6. The maximum atomic E-state index is 5.66. The molecule has 2 aliphatic heterocycles. The highest BCUT2D eigenvalue weighted by atomic mass is 16.5. The fourth-order valence-corrected chi connectivity index (χ4v) is 4.13. The van der Waals surface area contributed by atoms with Gasteiger partial charge in [0.15, 0.2) is 0 Å². The zero-order chi connectivity index (χ0) is 20.3. The van der Waals surface area contributed by atoms with Crippen LogP contribution in [-0.4, -0.2) is 50.1 Å². The number of likely N-dealkylation sites (N-methyl/N-ethyl adjacent to an activating group) is 1. The molecule has 5 heteroatoms. The van der Waals surface area contributed by atoms with Crippen molar-refractivity contribution in [1.29, 1.82) is 0 Å². The summed E-state index contributed by atoms with van der Waals surface area (Å²) in [6, 6.07) is 15.3. The van der Waals surface area contributed by atoms with E-state index in [1.807, 2.05) is 0 Å². The fourth-order valence-electron chi connectivity index (χ4n) is 4.13. The van der Waals surface area contributed by atoms with Crippen LogP contribution in [0, 0.1) is 6.92 Å². The van der Waals surface area contributed by atoms with E-state index in [1.54, 1.807) is 0 Å². The van der Waals surface area contributed by atoms with Gasteiger partial charge in [0.1, 0.15) is 5.84 Å². The monoisotopic (exact) mass is 392 g/mol. The average Bonchev–Trinajstić information content (AvgIpc) is 2.71. The quantitative estimate of drug-likeness (QED) is 0.805. The second kappa shape index (κ2) is 8.56. The zero-order valence-corrected chi connectivity index (χ0v) is 17.8. The minimum Gasteiger partial charge on any atom is -0.381 e. The molecule has 5 nitrogen and oxygen atoms in total. The minimum absolute atomic E-state index is 0.166. The Kier molecular flexibility index (Phi) is 5.88. The van der Waals surface area contributed by atoms with E-state index in [4.69, 9.17) is 9.73 Å². The molecule has 1 spiro atoms. The van der Waals surface area contributed by atoms with E-state index in [-0.39, 0.29) is 5.54 Å². The van der Waals surface area contributed by atoms with Crippen LogP contribution in [0.2, 0.25) is 0 Å². The van der Waals surface area contributed by atoms with Crippen LogP contribution in [0.15, 0.2) is 47.5 Å². The number of nitrogens with one attached hydrogen (secondary N) is 2. The van der Waals surface area contributed by atoms with Crippen LogP contribution in [0.25, 0.3) is 0 Å². The van der Waals surface area contributed by atoms with Crippen molar-refractivity contribution in [3.63, 3.8) is 0 Å². The molecule has 0 radical (unpaired) electrons. The summed E-state index contributed by atoms with van der Waals surface area (Å²) < 4.78 is 5.66. The number of ether oxygens (including phenoxy) is 1. The molecule has 154 valence electrons. The van der Waals surface area contributed by atoms with Crippen molar-refractivity contribution >= 4 is 17.2 Å². The van der Waals surface area contributed by atoms with E-state index >= 15 is 0 Å². The summed E-state index contributed by atoms with van der Waals surface area (Å²) in [5.41, 5.74) is 5.98. The van der Waals surface area contributed by atoms with Crippen LogP contribution in [0.3, 0.4) is 0 Å². The highest BCUT2D eigenvalue weighted by Gasteiger charge is 2.41. The molecular weight excluding hydrogens is 360 g/mol. The van der Waals surface area contributed by atoms with Crippen molar-refractivity contribution in [1.82, 2.24) is 4.90 Å². The minimum atomic E-state index is -0.166. The number of hydrogen-bond acceptors (Lipinski definition) is 4. The summed E-state index contributed by atoms with van der Waals surface area (Å²) in [7, 11) is 4.23. The van der Waals surface area contributed by atoms with Crippen molar-refractivity contribution in [3.8, 4) is 0 Å². The molecule has 0 saturated carbocycles. The summed E-state index contributed by atoms with van der Waals surface area (Å²) in [5.74, 6) is 1.04.